The van der Waals surface area contributed by atoms with Crippen LogP contribution in [0.25, 0.3) is 0 Å². The molecule has 0 unspecified atom stereocenters. The molecule has 1 aromatic carbocycles. The van der Waals surface area contributed by atoms with Crippen molar-refractivity contribution in [2.45, 2.75) is 32.6 Å². The van der Waals surface area contributed by atoms with Crippen molar-refractivity contribution in [3.63, 3.8) is 0 Å². The van der Waals surface area contributed by atoms with Crippen molar-refractivity contribution in [1.82, 2.24) is 5.32 Å². The Morgan fingerprint density at radius 1 is 1.07 bits per heavy atom. The van der Waals surface area contributed by atoms with E-state index in [1.165, 1.54) is 16.9 Å². The Hall–Kier alpha value is -2.67. The van der Waals surface area contributed by atoms with Crippen LogP contribution in [0.4, 0.5) is 0 Å². The molecule has 2 aromatic rings. The van der Waals surface area contributed by atoms with E-state index < -0.39 is 24.4 Å². The van der Waals surface area contributed by atoms with Crippen molar-refractivity contribution in [2.24, 2.45) is 0 Å². The van der Waals surface area contributed by atoms with E-state index in [0.29, 0.717) is 10.6 Å². The van der Waals surface area contributed by atoms with Crippen LogP contribution in [0.5, 0.6) is 5.75 Å². The fourth-order valence-electron chi connectivity index (χ4n) is 2.15. The van der Waals surface area contributed by atoms with Crippen molar-refractivity contribution in [1.29, 1.82) is 0 Å². The van der Waals surface area contributed by atoms with E-state index in [4.69, 9.17) is 9.47 Å². The summed E-state index contributed by atoms with van der Waals surface area (Å²) in [5, 5.41) is 3.89. The van der Waals surface area contributed by atoms with Crippen molar-refractivity contribution in [3.05, 3.63) is 52.2 Å². The zero-order valence-corrected chi connectivity index (χ0v) is 16.4. The van der Waals surface area contributed by atoms with Gasteiger partial charge in [0.1, 0.15) is 5.75 Å². The summed E-state index contributed by atoms with van der Waals surface area (Å²) in [6, 6.07) is 11.0. The zero-order chi connectivity index (χ0) is 19.9. The first-order chi connectivity index (χ1) is 12.8. The number of amides is 2. The largest absolute Gasteiger partial charge is 0.493 e. The summed E-state index contributed by atoms with van der Waals surface area (Å²) in [5.41, 5.74) is 1.26. The smallest absolute Gasteiger partial charge is 0.309 e. The topological polar surface area (TPSA) is 81.7 Å². The SMILES string of the molecule is CC(C)(C)c1ccc(OCCC(=O)OCC(=O)NC(=O)c2cccs2)cc1. The van der Waals surface area contributed by atoms with Gasteiger partial charge in [0, 0.05) is 0 Å². The molecule has 0 aliphatic heterocycles. The molecule has 1 N–H and O–H groups in total. The standard InChI is InChI=1S/C20H23NO5S/c1-20(2,3)14-6-8-15(9-7-14)25-11-10-18(23)26-13-17(22)21-19(24)16-5-4-12-27-16/h4-9,12H,10-11,13H2,1-3H3,(H,21,22,24). The Balaban J connectivity index is 1.66. The summed E-state index contributed by atoms with van der Waals surface area (Å²) in [7, 11) is 0. The van der Waals surface area contributed by atoms with Crippen molar-refractivity contribution in [3.8, 4) is 5.75 Å². The van der Waals surface area contributed by atoms with Crippen molar-refractivity contribution in [2.75, 3.05) is 13.2 Å². The Morgan fingerprint density at radius 2 is 1.78 bits per heavy atom. The van der Waals surface area contributed by atoms with Gasteiger partial charge in [0.25, 0.3) is 11.8 Å². The molecular weight excluding hydrogens is 366 g/mol. The highest BCUT2D eigenvalue weighted by atomic mass is 32.1. The van der Waals surface area contributed by atoms with Crippen LogP contribution in [-0.2, 0) is 19.7 Å². The molecule has 0 saturated carbocycles. The van der Waals surface area contributed by atoms with Gasteiger partial charge in [-0.25, -0.2) is 0 Å². The minimum Gasteiger partial charge on any atom is -0.493 e. The molecule has 2 rings (SSSR count). The number of carbonyl (C=O) groups excluding carboxylic acids is 3. The van der Waals surface area contributed by atoms with Gasteiger partial charge in [0.2, 0.25) is 0 Å². The zero-order valence-electron chi connectivity index (χ0n) is 15.6. The van der Waals surface area contributed by atoms with Gasteiger partial charge < -0.3 is 9.47 Å². The van der Waals surface area contributed by atoms with Crippen LogP contribution in [0.2, 0.25) is 0 Å². The third-order valence-corrected chi connectivity index (χ3v) is 4.53. The highest BCUT2D eigenvalue weighted by Gasteiger charge is 2.14. The predicted molar refractivity (Wildman–Crippen MR) is 103 cm³/mol. The van der Waals surface area contributed by atoms with Crippen LogP contribution in [0, 0.1) is 0 Å². The van der Waals surface area contributed by atoms with Gasteiger partial charge >= 0.3 is 5.97 Å². The number of thiophene rings is 1. The van der Waals surface area contributed by atoms with Crippen LogP contribution in [-0.4, -0.2) is 31.0 Å². The normalized spacial score (nSPS) is 10.9. The monoisotopic (exact) mass is 389 g/mol. The Labute approximate surface area is 162 Å². The number of esters is 1. The summed E-state index contributed by atoms with van der Waals surface area (Å²) in [4.78, 5) is 35.4. The highest BCUT2D eigenvalue weighted by Crippen LogP contribution is 2.24. The molecule has 0 bridgehead atoms. The number of imide groups is 1. The van der Waals surface area contributed by atoms with E-state index in [9.17, 15) is 14.4 Å². The lowest BCUT2D eigenvalue weighted by atomic mass is 9.87. The molecule has 2 amide bonds. The van der Waals surface area contributed by atoms with Gasteiger partial charge in [0.05, 0.1) is 17.9 Å². The molecule has 1 heterocycles. The quantitative estimate of drug-likeness (QED) is 0.735. The van der Waals surface area contributed by atoms with Crippen LogP contribution < -0.4 is 10.1 Å². The lowest BCUT2D eigenvalue weighted by Gasteiger charge is -2.19. The number of hydrogen-bond donors (Lipinski definition) is 1. The maximum absolute atomic E-state index is 11.7. The molecular formula is C20H23NO5S. The van der Waals surface area contributed by atoms with Crippen molar-refractivity contribution < 1.29 is 23.9 Å². The highest BCUT2D eigenvalue weighted by molar-refractivity contribution is 7.12. The maximum atomic E-state index is 11.7. The second-order valence-corrected chi connectivity index (χ2v) is 7.84. The molecule has 0 aliphatic carbocycles. The number of rotatable bonds is 7. The van der Waals surface area contributed by atoms with E-state index in [-0.39, 0.29) is 18.4 Å². The van der Waals surface area contributed by atoms with E-state index in [0.717, 1.165) is 0 Å². The Bertz CT molecular complexity index is 776. The Morgan fingerprint density at radius 3 is 2.37 bits per heavy atom. The van der Waals surface area contributed by atoms with Gasteiger partial charge in [-0.1, -0.05) is 39.0 Å². The summed E-state index contributed by atoms with van der Waals surface area (Å²) >= 11 is 1.22. The average Bonchev–Trinajstić information content (AvgIpc) is 3.14. The summed E-state index contributed by atoms with van der Waals surface area (Å²) in [6.45, 7) is 6.02. The third kappa shape index (κ3) is 6.86. The third-order valence-electron chi connectivity index (χ3n) is 3.66. The maximum Gasteiger partial charge on any atom is 0.309 e. The molecule has 0 radical (unpaired) electrons. The van der Waals surface area contributed by atoms with Gasteiger partial charge in [-0.05, 0) is 34.6 Å². The molecule has 27 heavy (non-hydrogen) atoms. The van der Waals surface area contributed by atoms with E-state index in [1.54, 1.807) is 17.5 Å². The first-order valence-electron chi connectivity index (χ1n) is 8.52. The summed E-state index contributed by atoms with van der Waals surface area (Å²) < 4.78 is 10.4. The number of nitrogens with one attached hydrogen (secondary N) is 1. The molecule has 0 aliphatic rings. The molecule has 0 saturated heterocycles. The first-order valence-corrected chi connectivity index (χ1v) is 9.40. The lowest BCUT2D eigenvalue weighted by Crippen LogP contribution is -2.33. The lowest BCUT2D eigenvalue weighted by molar-refractivity contribution is -0.148. The van der Waals surface area contributed by atoms with Gasteiger partial charge in [0.15, 0.2) is 6.61 Å². The molecule has 0 fully saturated rings. The molecule has 6 nitrogen and oxygen atoms in total. The van der Waals surface area contributed by atoms with Gasteiger partial charge in [-0.15, -0.1) is 11.3 Å². The number of benzene rings is 1. The molecule has 0 atom stereocenters. The van der Waals surface area contributed by atoms with Crippen LogP contribution in [0.3, 0.4) is 0 Å². The molecule has 1 aromatic heterocycles. The number of hydrogen-bond acceptors (Lipinski definition) is 6. The van der Waals surface area contributed by atoms with Crippen LogP contribution in [0.1, 0.15) is 42.4 Å². The van der Waals surface area contributed by atoms with E-state index in [2.05, 4.69) is 26.1 Å². The fraction of sp³-hybridized carbons (Fsp3) is 0.350. The second kappa shape index (κ2) is 9.32. The summed E-state index contributed by atoms with van der Waals surface area (Å²) in [6.07, 6.45) is 0.00712. The minimum atomic E-state index is -0.666. The van der Waals surface area contributed by atoms with Crippen molar-refractivity contribution >= 4 is 29.1 Å². The fourth-order valence-corrected chi connectivity index (χ4v) is 2.77. The number of carbonyl (C=O) groups is 3. The second-order valence-electron chi connectivity index (χ2n) is 6.89. The Kier molecular flexibility index (Phi) is 7.12. The van der Waals surface area contributed by atoms with E-state index >= 15 is 0 Å². The molecule has 7 heteroatoms. The minimum absolute atomic E-state index is 0.00712. The molecule has 144 valence electrons. The van der Waals surface area contributed by atoms with Gasteiger partial charge in [-0.2, -0.15) is 0 Å². The molecule has 0 spiro atoms. The predicted octanol–water partition coefficient (Wildman–Crippen LogP) is 3.31. The van der Waals surface area contributed by atoms with Crippen LogP contribution >= 0.6 is 11.3 Å². The summed E-state index contributed by atoms with van der Waals surface area (Å²) in [5.74, 6) is -1.08. The first kappa shape index (κ1) is 20.6. The van der Waals surface area contributed by atoms with Crippen LogP contribution in [0.15, 0.2) is 41.8 Å². The van der Waals surface area contributed by atoms with E-state index in [1.807, 2.05) is 24.3 Å². The average molecular weight is 389 g/mol. The number of ether oxygens (including phenoxy) is 2. The van der Waals surface area contributed by atoms with Gasteiger partial charge in [-0.3, -0.25) is 19.7 Å².